The van der Waals surface area contributed by atoms with E-state index >= 15 is 0 Å². The lowest BCUT2D eigenvalue weighted by Crippen LogP contribution is -1.91. The maximum atomic E-state index is 8.26. The van der Waals surface area contributed by atoms with Crippen molar-refractivity contribution in [3.8, 4) is 0 Å². The minimum Gasteiger partial charge on any atom is -0.0893 e. The highest BCUT2D eigenvalue weighted by atomic mass is 15.1. The van der Waals surface area contributed by atoms with E-state index in [4.69, 9.17) is 11.1 Å². The van der Waals surface area contributed by atoms with Crippen LogP contribution in [0.4, 0.5) is 0 Å². The topological polar surface area (TPSA) is 97.5 Å². The van der Waals surface area contributed by atoms with E-state index in [2.05, 4.69) is 20.1 Å². The molecule has 1 rings (SSSR count). The van der Waals surface area contributed by atoms with E-state index in [1.807, 2.05) is 25.1 Å². The van der Waals surface area contributed by atoms with Gasteiger partial charge in [-0.15, -0.1) is 0 Å². The molecule has 0 fully saturated rings. The molecule has 6 nitrogen and oxygen atoms in total. The quantitative estimate of drug-likeness (QED) is 0.405. The van der Waals surface area contributed by atoms with Crippen LogP contribution in [0.3, 0.4) is 0 Å². The van der Waals surface area contributed by atoms with Gasteiger partial charge < -0.3 is 0 Å². The SMILES string of the molecule is CCc1cc(CN=[N+]=[N-])cc(CN=[N+]=[N-])c1. The first-order chi connectivity index (χ1) is 7.80. The molecule has 0 amide bonds. The van der Waals surface area contributed by atoms with Crippen molar-refractivity contribution in [1.29, 1.82) is 0 Å². The molecule has 0 saturated carbocycles. The summed E-state index contributed by atoms with van der Waals surface area (Å²) < 4.78 is 0. The predicted octanol–water partition coefficient (Wildman–Crippen LogP) is 3.87. The molecule has 0 atom stereocenters. The molecule has 0 unspecified atom stereocenters. The monoisotopic (exact) mass is 216 g/mol. The Bertz CT molecular complexity index is 416. The number of nitrogens with zero attached hydrogens (tertiary/aromatic N) is 6. The van der Waals surface area contributed by atoms with Gasteiger partial charge in [0.15, 0.2) is 0 Å². The Balaban J connectivity index is 2.99. The maximum absolute atomic E-state index is 8.26. The molecule has 0 saturated heterocycles. The second-order valence-corrected chi connectivity index (χ2v) is 3.29. The van der Waals surface area contributed by atoms with Crippen LogP contribution < -0.4 is 0 Å². The molecule has 0 spiro atoms. The first-order valence-electron chi connectivity index (χ1n) is 4.93. The Morgan fingerprint density at radius 2 is 1.38 bits per heavy atom. The van der Waals surface area contributed by atoms with Crippen LogP contribution in [-0.2, 0) is 19.5 Å². The third kappa shape index (κ3) is 3.53. The first-order valence-corrected chi connectivity index (χ1v) is 4.93. The fraction of sp³-hybridized carbons (Fsp3) is 0.400. The van der Waals surface area contributed by atoms with Gasteiger partial charge in [-0.1, -0.05) is 35.4 Å². The van der Waals surface area contributed by atoms with Crippen molar-refractivity contribution in [3.63, 3.8) is 0 Å². The van der Waals surface area contributed by atoms with Gasteiger partial charge >= 0.3 is 0 Å². The van der Waals surface area contributed by atoms with Crippen LogP contribution in [-0.4, -0.2) is 0 Å². The average Bonchev–Trinajstić information content (AvgIpc) is 2.33. The van der Waals surface area contributed by atoms with Gasteiger partial charge in [-0.3, -0.25) is 0 Å². The standard InChI is InChI=1S/C10H12N6/c1-2-8-3-9(6-13-15-11)5-10(4-8)7-14-16-12/h3-5H,2,6-7H2,1H3. The van der Waals surface area contributed by atoms with E-state index in [0.717, 1.165) is 23.1 Å². The van der Waals surface area contributed by atoms with Crippen molar-refractivity contribution < 1.29 is 0 Å². The molecule has 1 aromatic rings. The Labute approximate surface area is 93.2 Å². The van der Waals surface area contributed by atoms with Crippen molar-refractivity contribution in [2.75, 3.05) is 0 Å². The molecule has 16 heavy (non-hydrogen) atoms. The van der Waals surface area contributed by atoms with Gasteiger partial charge in [0.25, 0.3) is 0 Å². The number of azide groups is 2. The summed E-state index contributed by atoms with van der Waals surface area (Å²) in [4.78, 5) is 5.44. The molecule has 0 aliphatic rings. The Kier molecular flexibility index (Phi) is 4.73. The Hall–Kier alpha value is -2.16. The summed E-state index contributed by atoms with van der Waals surface area (Å²) in [5.41, 5.74) is 19.5. The van der Waals surface area contributed by atoms with Crippen LogP contribution in [0.1, 0.15) is 23.6 Å². The summed E-state index contributed by atoms with van der Waals surface area (Å²) in [7, 11) is 0. The van der Waals surface area contributed by atoms with E-state index in [9.17, 15) is 0 Å². The third-order valence-corrected chi connectivity index (χ3v) is 2.15. The van der Waals surface area contributed by atoms with Crippen molar-refractivity contribution in [1.82, 2.24) is 0 Å². The van der Waals surface area contributed by atoms with Gasteiger partial charge in [-0.2, -0.15) is 0 Å². The van der Waals surface area contributed by atoms with Gasteiger partial charge in [0.05, 0.1) is 13.1 Å². The minimum absolute atomic E-state index is 0.327. The van der Waals surface area contributed by atoms with Crippen LogP contribution in [0.15, 0.2) is 28.4 Å². The summed E-state index contributed by atoms with van der Waals surface area (Å²) in [5.74, 6) is 0. The second-order valence-electron chi connectivity index (χ2n) is 3.29. The zero-order valence-electron chi connectivity index (χ0n) is 9.04. The van der Waals surface area contributed by atoms with Crippen molar-refractivity contribution in [2.45, 2.75) is 26.4 Å². The lowest BCUT2D eigenvalue weighted by molar-refractivity contribution is 0.986. The zero-order valence-corrected chi connectivity index (χ0v) is 9.04. The van der Waals surface area contributed by atoms with Gasteiger partial charge in [-0.25, -0.2) is 0 Å². The molecular weight excluding hydrogens is 204 g/mol. The van der Waals surface area contributed by atoms with Gasteiger partial charge in [0.2, 0.25) is 0 Å². The minimum atomic E-state index is 0.327. The summed E-state index contributed by atoms with van der Waals surface area (Å²) in [6, 6.07) is 5.88. The van der Waals surface area contributed by atoms with Crippen LogP contribution in [0, 0.1) is 0 Å². The van der Waals surface area contributed by atoms with Crippen LogP contribution in [0.25, 0.3) is 20.9 Å². The second kappa shape index (κ2) is 6.35. The molecule has 1 aromatic carbocycles. The molecule has 0 aliphatic carbocycles. The molecule has 0 N–H and O–H groups in total. The molecule has 82 valence electrons. The largest absolute Gasteiger partial charge is 0.0893 e. The van der Waals surface area contributed by atoms with Crippen LogP contribution >= 0.6 is 0 Å². The molecule has 0 bridgehead atoms. The van der Waals surface area contributed by atoms with Crippen molar-refractivity contribution in [3.05, 3.63) is 55.8 Å². The van der Waals surface area contributed by atoms with E-state index in [1.165, 1.54) is 0 Å². The van der Waals surface area contributed by atoms with Crippen LogP contribution in [0.2, 0.25) is 0 Å². The van der Waals surface area contributed by atoms with E-state index in [0.29, 0.717) is 13.1 Å². The number of hydrogen-bond acceptors (Lipinski definition) is 2. The highest BCUT2D eigenvalue weighted by Gasteiger charge is 1.99. The molecular formula is C10H12N6. The van der Waals surface area contributed by atoms with Crippen molar-refractivity contribution in [2.24, 2.45) is 10.2 Å². The summed E-state index contributed by atoms with van der Waals surface area (Å²) in [6.07, 6.45) is 0.896. The lowest BCUT2D eigenvalue weighted by Gasteiger charge is -2.05. The fourth-order valence-corrected chi connectivity index (χ4v) is 1.45. The molecule has 0 aromatic heterocycles. The first kappa shape index (κ1) is 11.9. The van der Waals surface area contributed by atoms with Gasteiger partial charge in [0, 0.05) is 9.82 Å². The highest BCUT2D eigenvalue weighted by Crippen LogP contribution is 2.13. The van der Waals surface area contributed by atoms with Gasteiger partial charge in [0.1, 0.15) is 0 Å². The number of aryl methyl sites for hydroxylation is 1. The van der Waals surface area contributed by atoms with Gasteiger partial charge in [-0.05, 0) is 34.2 Å². The van der Waals surface area contributed by atoms with Crippen LogP contribution in [0.5, 0.6) is 0 Å². The van der Waals surface area contributed by atoms with Crippen molar-refractivity contribution >= 4 is 0 Å². The summed E-state index contributed by atoms with van der Waals surface area (Å²) >= 11 is 0. The predicted molar refractivity (Wildman–Crippen MR) is 61.5 cm³/mol. The normalized spacial score (nSPS) is 9.06. The highest BCUT2D eigenvalue weighted by molar-refractivity contribution is 5.30. The zero-order chi connectivity index (χ0) is 11.8. The summed E-state index contributed by atoms with van der Waals surface area (Å²) in [6.45, 7) is 2.70. The Morgan fingerprint density at radius 1 is 0.938 bits per heavy atom. The van der Waals surface area contributed by atoms with E-state index in [1.54, 1.807) is 0 Å². The fourth-order valence-electron chi connectivity index (χ4n) is 1.45. The molecule has 0 aliphatic heterocycles. The molecule has 0 heterocycles. The number of rotatable bonds is 5. The van der Waals surface area contributed by atoms with E-state index in [-0.39, 0.29) is 0 Å². The number of hydrogen-bond donors (Lipinski definition) is 0. The third-order valence-electron chi connectivity index (χ3n) is 2.15. The summed E-state index contributed by atoms with van der Waals surface area (Å²) in [5, 5.41) is 7.03. The molecule has 6 heteroatoms. The average molecular weight is 216 g/mol. The smallest absolute Gasteiger partial charge is 0.0511 e. The lowest BCUT2D eigenvalue weighted by atomic mass is 10.0. The number of benzene rings is 1. The molecule has 0 radical (unpaired) electrons. The van der Waals surface area contributed by atoms with E-state index < -0.39 is 0 Å². The Morgan fingerprint density at radius 3 is 1.75 bits per heavy atom. The maximum Gasteiger partial charge on any atom is 0.0511 e.